The number of fused-ring (bicyclic) bond motifs is 1. The summed E-state index contributed by atoms with van der Waals surface area (Å²) in [5.41, 5.74) is 7.25. The van der Waals surface area contributed by atoms with E-state index in [1.165, 1.54) is 12.1 Å². The van der Waals surface area contributed by atoms with Crippen LogP contribution in [0.1, 0.15) is 16.7 Å². The van der Waals surface area contributed by atoms with E-state index in [-0.39, 0.29) is 5.69 Å². The van der Waals surface area contributed by atoms with E-state index in [1.54, 1.807) is 12.1 Å². The van der Waals surface area contributed by atoms with Crippen molar-refractivity contribution >= 4 is 22.9 Å². The summed E-state index contributed by atoms with van der Waals surface area (Å²) in [5, 5.41) is 15.4. The highest BCUT2D eigenvalue weighted by molar-refractivity contribution is 6.17. The lowest BCUT2D eigenvalue weighted by Crippen LogP contribution is -2.19. The summed E-state index contributed by atoms with van der Waals surface area (Å²) in [6.07, 6.45) is 0. The molecule has 1 aliphatic heterocycles. The van der Waals surface area contributed by atoms with Crippen molar-refractivity contribution in [2.45, 2.75) is 0 Å². The third-order valence-corrected chi connectivity index (χ3v) is 4.06. The zero-order valence-corrected chi connectivity index (χ0v) is 13.7. The molecule has 0 atom stereocenters. The standard InChI is InChI=1S/C20H14N4O2/c25-24(26)16-12-10-15(11-13-16)20-21-18-9-5-4-8-17(18)19(22-23-20)14-6-2-1-3-7-14/h1-13H,(H,21,23). The van der Waals surface area contributed by atoms with Crippen molar-refractivity contribution in [1.29, 1.82) is 0 Å². The summed E-state index contributed by atoms with van der Waals surface area (Å²) < 4.78 is 0. The van der Waals surface area contributed by atoms with Crippen molar-refractivity contribution < 1.29 is 4.92 Å². The third kappa shape index (κ3) is 2.95. The number of para-hydroxylation sites is 1. The predicted octanol–water partition coefficient (Wildman–Crippen LogP) is 4.03. The van der Waals surface area contributed by atoms with Crippen molar-refractivity contribution in [2.24, 2.45) is 10.1 Å². The molecule has 1 heterocycles. The molecule has 0 saturated heterocycles. The van der Waals surface area contributed by atoms with E-state index in [0.717, 1.165) is 28.1 Å². The molecule has 0 spiro atoms. The number of hydrogen-bond acceptors (Lipinski definition) is 5. The van der Waals surface area contributed by atoms with Crippen molar-refractivity contribution in [3.8, 4) is 0 Å². The number of hydrogen-bond donors (Lipinski definition) is 1. The summed E-state index contributed by atoms with van der Waals surface area (Å²) in [6, 6.07) is 23.9. The van der Waals surface area contributed by atoms with Gasteiger partial charge in [0.05, 0.1) is 16.3 Å². The Morgan fingerprint density at radius 1 is 0.808 bits per heavy atom. The van der Waals surface area contributed by atoms with Crippen LogP contribution in [-0.2, 0) is 0 Å². The molecule has 0 bridgehead atoms. The Morgan fingerprint density at radius 2 is 1.50 bits per heavy atom. The Labute approximate surface area is 149 Å². The van der Waals surface area contributed by atoms with Gasteiger partial charge in [-0.2, -0.15) is 5.10 Å². The highest BCUT2D eigenvalue weighted by Gasteiger charge is 2.17. The van der Waals surface area contributed by atoms with Gasteiger partial charge in [0.1, 0.15) is 0 Å². The Balaban J connectivity index is 1.79. The van der Waals surface area contributed by atoms with Gasteiger partial charge in [0.25, 0.3) is 5.69 Å². The summed E-state index contributed by atoms with van der Waals surface area (Å²) >= 11 is 0. The number of amidine groups is 1. The number of nitrogens with one attached hydrogen (secondary N) is 1. The maximum atomic E-state index is 10.8. The fraction of sp³-hybridized carbons (Fsp3) is 0. The van der Waals surface area contributed by atoms with Gasteiger partial charge in [0, 0.05) is 28.8 Å². The minimum atomic E-state index is -0.424. The molecular weight excluding hydrogens is 328 g/mol. The Kier molecular flexibility index (Phi) is 3.99. The highest BCUT2D eigenvalue weighted by Crippen LogP contribution is 2.25. The maximum Gasteiger partial charge on any atom is 0.269 e. The molecule has 0 saturated carbocycles. The molecule has 3 aromatic carbocycles. The molecule has 0 amide bonds. The molecule has 0 fully saturated rings. The van der Waals surface area contributed by atoms with Gasteiger partial charge in [-0.15, -0.1) is 0 Å². The second-order valence-electron chi connectivity index (χ2n) is 5.72. The minimum Gasteiger partial charge on any atom is -0.260 e. The van der Waals surface area contributed by atoms with Crippen molar-refractivity contribution in [3.05, 3.63) is 106 Å². The van der Waals surface area contributed by atoms with E-state index < -0.39 is 4.92 Å². The van der Waals surface area contributed by atoms with Crippen LogP contribution in [0.5, 0.6) is 0 Å². The number of nitro benzene ring substituents is 1. The molecule has 0 aliphatic carbocycles. The number of aliphatic imine (C=N–C) groups is 1. The molecule has 1 aliphatic rings. The SMILES string of the molecule is O=[N+]([O-])c1ccc(C2=Nc3ccccc3C(c3ccccc3)=NN2)cc1. The average Bonchev–Trinajstić information content (AvgIpc) is 2.88. The molecule has 0 unspecified atom stereocenters. The van der Waals surface area contributed by atoms with Crippen LogP contribution in [0.25, 0.3) is 0 Å². The van der Waals surface area contributed by atoms with Crippen LogP contribution in [0.2, 0.25) is 0 Å². The highest BCUT2D eigenvalue weighted by atomic mass is 16.6. The van der Waals surface area contributed by atoms with Crippen LogP contribution >= 0.6 is 0 Å². The smallest absolute Gasteiger partial charge is 0.260 e. The monoisotopic (exact) mass is 342 g/mol. The molecule has 4 rings (SSSR count). The van der Waals surface area contributed by atoms with Crippen molar-refractivity contribution in [1.82, 2.24) is 5.43 Å². The molecule has 0 radical (unpaired) electrons. The fourth-order valence-corrected chi connectivity index (χ4v) is 2.77. The molecule has 6 nitrogen and oxygen atoms in total. The fourth-order valence-electron chi connectivity index (χ4n) is 2.77. The lowest BCUT2D eigenvalue weighted by Gasteiger charge is -2.07. The molecule has 0 aromatic heterocycles. The van der Waals surface area contributed by atoms with Gasteiger partial charge in [-0.1, -0.05) is 48.5 Å². The van der Waals surface area contributed by atoms with Crippen LogP contribution in [-0.4, -0.2) is 16.5 Å². The molecule has 26 heavy (non-hydrogen) atoms. The predicted molar refractivity (Wildman–Crippen MR) is 101 cm³/mol. The van der Waals surface area contributed by atoms with Gasteiger partial charge in [-0.05, 0) is 18.2 Å². The second-order valence-corrected chi connectivity index (χ2v) is 5.72. The first-order chi connectivity index (χ1) is 12.7. The quantitative estimate of drug-likeness (QED) is 0.576. The first kappa shape index (κ1) is 15.7. The van der Waals surface area contributed by atoms with Crippen LogP contribution in [0.4, 0.5) is 11.4 Å². The van der Waals surface area contributed by atoms with Crippen molar-refractivity contribution in [2.75, 3.05) is 0 Å². The topological polar surface area (TPSA) is 79.9 Å². The molecule has 3 aromatic rings. The van der Waals surface area contributed by atoms with E-state index in [4.69, 9.17) is 0 Å². The van der Waals surface area contributed by atoms with Gasteiger partial charge in [-0.25, -0.2) is 4.99 Å². The number of nitrogens with zero attached hydrogens (tertiary/aromatic N) is 3. The first-order valence-electron chi connectivity index (χ1n) is 8.04. The number of rotatable bonds is 3. The number of non-ortho nitro benzene ring substituents is 1. The van der Waals surface area contributed by atoms with E-state index in [0.29, 0.717) is 5.84 Å². The van der Waals surface area contributed by atoms with E-state index in [1.807, 2.05) is 54.6 Å². The average molecular weight is 342 g/mol. The van der Waals surface area contributed by atoms with Gasteiger partial charge < -0.3 is 0 Å². The van der Waals surface area contributed by atoms with Crippen LogP contribution in [0.3, 0.4) is 0 Å². The van der Waals surface area contributed by atoms with Gasteiger partial charge in [-0.3, -0.25) is 15.5 Å². The zero-order chi connectivity index (χ0) is 17.9. The minimum absolute atomic E-state index is 0.0387. The third-order valence-electron chi connectivity index (χ3n) is 4.06. The van der Waals surface area contributed by atoms with E-state index in [9.17, 15) is 10.1 Å². The van der Waals surface area contributed by atoms with Crippen LogP contribution in [0, 0.1) is 10.1 Å². The summed E-state index contributed by atoms with van der Waals surface area (Å²) in [4.78, 5) is 15.1. The number of nitro groups is 1. The molecular formula is C20H14N4O2. The van der Waals surface area contributed by atoms with E-state index >= 15 is 0 Å². The van der Waals surface area contributed by atoms with Gasteiger partial charge in [0.2, 0.25) is 0 Å². The zero-order valence-electron chi connectivity index (χ0n) is 13.7. The second kappa shape index (κ2) is 6.60. The van der Waals surface area contributed by atoms with E-state index in [2.05, 4.69) is 15.5 Å². The number of benzene rings is 3. The summed E-state index contributed by atoms with van der Waals surface area (Å²) in [7, 11) is 0. The molecule has 1 N–H and O–H groups in total. The van der Waals surface area contributed by atoms with Crippen LogP contribution in [0.15, 0.2) is 89.0 Å². The largest absolute Gasteiger partial charge is 0.269 e. The molecule has 6 heteroatoms. The van der Waals surface area contributed by atoms with Crippen LogP contribution < -0.4 is 5.43 Å². The summed E-state index contributed by atoms with van der Waals surface area (Å²) in [5.74, 6) is 0.540. The van der Waals surface area contributed by atoms with Gasteiger partial charge >= 0.3 is 0 Å². The van der Waals surface area contributed by atoms with Crippen molar-refractivity contribution in [3.63, 3.8) is 0 Å². The number of hydrazone groups is 1. The maximum absolute atomic E-state index is 10.8. The lowest BCUT2D eigenvalue weighted by atomic mass is 10.0. The normalized spacial score (nSPS) is 12.9. The van der Waals surface area contributed by atoms with Gasteiger partial charge in [0.15, 0.2) is 5.84 Å². The Morgan fingerprint density at radius 3 is 2.23 bits per heavy atom. The summed E-state index contributed by atoms with van der Waals surface area (Å²) in [6.45, 7) is 0. The lowest BCUT2D eigenvalue weighted by molar-refractivity contribution is -0.384. The Bertz CT molecular complexity index is 1030. The Hall–Kier alpha value is -3.80. The molecule has 126 valence electrons. The first-order valence-corrected chi connectivity index (χ1v) is 8.04.